The number of rotatable bonds is 2. The van der Waals surface area contributed by atoms with Crippen molar-refractivity contribution in [2.75, 3.05) is 0 Å². The Labute approximate surface area is 82.7 Å². The maximum Gasteiger partial charge on any atom is 0.279 e. The molecular weight excluding hydrogens is 216 g/mol. The van der Waals surface area contributed by atoms with Crippen molar-refractivity contribution in [2.45, 2.75) is 13.3 Å². The molecule has 76 valence electrons. The molecule has 1 heterocycles. The largest absolute Gasteiger partial charge is 0.357 e. The number of aromatic amines is 1. The fraction of sp³-hybridized carbons (Fsp3) is 0.250. The molecule has 3 nitrogen and oxygen atoms in total. The molecule has 0 bridgehead atoms. The zero-order chi connectivity index (χ0) is 10.9. The second kappa shape index (κ2) is 3.88. The molecule has 0 aromatic carbocycles. The first-order valence-electron chi connectivity index (χ1n) is 3.65. The average Bonchev–Trinajstić information content (AvgIpc) is 2.01. The number of aryl methyl sites for hydroxylation is 1. The van der Waals surface area contributed by atoms with Crippen molar-refractivity contribution in [3.8, 4) is 0 Å². The number of hydrogen-bond donors (Lipinski definition) is 1. The standard InChI is InChI=1S/C8H6ClF2NO2/c1-3-2-4(13)5(7(9)14)6(12-3)8(10)11/h2,8H,1H3,(H,12,13). The molecule has 1 rings (SSSR count). The molecule has 0 amide bonds. The predicted molar refractivity (Wildman–Crippen MR) is 46.9 cm³/mol. The fourth-order valence-electron chi connectivity index (χ4n) is 1.08. The number of alkyl halides is 2. The van der Waals surface area contributed by atoms with E-state index in [2.05, 4.69) is 4.98 Å². The molecule has 0 spiro atoms. The molecule has 1 N–H and O–H groups in total. The third kappa shape index (κ3) is 1.98. The number of halogens is 3. The summed E-state index contributed by atoms with van der Waals surface area (Å²) in [6.07, 6.45) is -2.93. The van der Waals surface area contributed by atoms with Gasteiger partial charge in [0.2, 0.25) is 0 Å². The van der Waals surface area contributed by atoms with Crippen LogP contribution in [0.2, 0.25) is 0 Å². The van der Waals surface area contributed by atoms with Gasteiger partial charge in [0.05, 0.1) is 5.69 Å². The van der Waals surface area contributed by atoms with Gasteiger partial charge in [0, 0.05) is 11.8 Å². The molecule has 0 saturated carbocycles. The molecule has 0 fully saturated rings. The van der Waals surface area contributed by atoms with Crippen molar-refractivity contribution >= 4 is 16.8 Å². The Morgan fingerprint density at radius 1 is 1.57 bits per heavy atom. The van der Waals surface area contributed by atoms with Gasteiger partial charge < -0.3 is 4.98 Å². The highest BCUT2D eigenvalue weighted by Crippen LogP contribution is 2.19. The zero-order valence-electron chi connectivity index (χ0n) is 7.11. The van der Waals surface area contributed by atoms with Crippen LogP contribution in [0.5, 0.6) is 0 Å². The summed E-state index contributed by atoms with van der Waals surface area (Å²) in [5.74, 6) is 0. The molecule has 0 aliphatic rings. The number of pyridine rings is 1. The van der Waals surface area contributed by atoms with E-state index in [4.69, 9.17) is 11.6 Å². The van der Waals surface area contributed by atoms with Gasteiger partial charge in [-0.2, -0.15) is 0 Å². The van der Waals surface area contributed by atoms with Gasteiger partial charge in [0.15, 0.2) is 5.43 Å². The molecule has 0 aliphatic heterocycles. The maximum atomic E-state index is 12.4. The topological polar surface area (TPSA) is 49.9 Å². The van der Waals surface area contributed by atoms with E-state index >= 15 is 0 Å². The van der Waals surface area contributed by atoms with Gasteiger partial charge in [-0.15, -0.1) is 0 Å². The monoisotopic (exact) mass is 221 g/mol. The van der Waals surface area contributed by atoms with E-state index in [0.717, 1.165) is 6.07 Å². The lowest BCUT2D eigenvalue weighted by molar-refractivity contribution is 0.106. The molecule has 6 heteroatoms. The Balaban J connectivity index is 3.53. The van der Waals surface area contributed by atoms with E-state index in [-0.39, 0.29) is 5.69 Å². The third-order valence-electron chi connectivity index (χ3n) is 1.61. The third-order valence-corrected chi connectivity index (χ3v) is 1.80. The van der Waals surface area contributed by atoms with E-state index in [1.165, 1.54) is 6.92 Å². The predicted octanol–water partition coefficient (Wildman–Crippen LogP) is 2.00. The van der Waals surface area contributed by atoms with E-state index in [1.54, 1.807) is 0 Å². The van der Waals surface area contributed by atoms with Crippen LogP contribution in [-0.2, 0) is 0 Å². The molecule has 1 aromatic heterocycles. The summed E-state index contributed by atoms with van der Waals surface area (Å²) in [4.78, 5) is 24.1. The van der Waals surface area contributed by atoms with E-state index in [9.17, 15) is 18.4 Å². The number of aromatic nitrogens is 1. The van der Waals surface area contributed by atoms with Gasteiger partial charge in [0.25, 0.3) is 11.7 Å². The lowest BCUT2D eigenvalue weighted by Crippen LogP contribution is -2.17. The SMILES string of the molecule is Cc1cc(=O)c(C(=O)Cl)c(C(F)F)[nH]1. The normalized spacial score (nSPS) is 10.6. The van der Waals surface area contributed by atoms with Crippen molar-refractivity contribution in [3.05, 3.63) is 33.2 Å². The Morgan fingerprint density at radius 3 is 2.57 bits per heavy atom. The van der Waals surface area contributed by atoms with E-state index in [1.807, 2.05) is 0 Å². The lowest BCUT2D eigenvalue weighted by atomic mass is 10.2. The Kier molecular flexibility index (Phi) is 3.00. The Hall–Kier alpha value is -1.23. The van der Waals surface area contributed by atoms with Crippen molar-refractivity contribution in [1.29, 1.82) is 0 Å². The second-order valence-corrected chi connectivity index (χ2v) is 3.02. The summed E-state index contributed by atoms with van der Waals surface area (Å²) in [6, 6.07) is 1.04. The van der Waals surface area contributed by atoms with Gasteiger partial charge in [0.1, 0.15) is 5.56 Å². The number of H-pyrrole nitrogens is 1. The van der Waals surface area contributed by atoms with E-state index < -0.39 is 28.4 Å². The molecule has 0 unspecified atom stereocenters. The number of carbonyl (C=O) groups is 1. The maximum absolute atomic E-state index is 12.4. The summed E-state index contributed by atoms with van der Waals surface area (Å²) in [6.45, 7) is 1.44. The quantitative estimate of drug-likeness (QED) is 0.777. The van der Waals surface area contributed by atoms with Crippen molar-refractivity contribution < 1.29 is 13.6 Å². The van der Waals surface area contributed by atoms with Crippen LogP contribution >= 0.6 is 11.6 Å². The first-order chi connectivity index (χ1) is 6.43. The van der Waals surface area contributed by atoms with Gasteiger partial charge >= 0.3 is 0 Å². The number of carbonyl (C=O) groups excluding carboxylic acids is 1. The van der Waals surface area contributed by atoms with Gasteiger partial charge in [-0.1, -0.05) is 0 Å². The summed E-state index contributed by atoms with van der Waals surface area (Å²) >= 11 is 5.02. The van der Waals surface area contributed by atoms with Crippen LogP contribution in [-0.4, -0.2) is 10.2 Å². The van der Waals surface area contributed by atoms with Crippen LogP contribution in [0, 0.1) is 6.92 Å². The average molecular weight is 222 g/mol. The highest BCUT2D eigenvalue weighted by molar-refractivity contribution is 6.67. The summed E-state index contributed by atoms with van der Waals surface area (Å²) in [5.41, 5.74) is -1.95. The van der Waals surface area contributed by atoms with Crippen LogP contribution in [0.1, 0.15) is 28.2 Å². The minimum absolute atomic E-state index is 0.256. The first-order valence-corrected chi connectivity index (χ1v) is 4.03. The first kappa shape index (κ1) is 10.8. The van der Waals surface area contributed by atoms with E-state index in [0.29, 0.717) is 0 Å². The zero-order valence-corrected chi connectivity index (χ0v) is 7.86. The highest BCUT2D eigenvalue weighted by Gasteiger charge is 2.21. The number of nitrogens with one attached hydrogen (secondary N) is 1. The molecule has 1 aromatic rings. The van der Waals surface area contributed by atoms with Gasteiger partial charge in [-0.05, 0) is 18.5 Å². The second-order valence-electron chi connectivity index (χ2n) is 2.68. The molecule has 0 aliphatic carbocycles. The van der Waals surface area contributed by atoms with Crippen LogP contribution in [0.4, 0.5) is 8.78 Å². The van der Waals surface area contributed by atoms with Crippen LogP contribution < -0.4 is 5.43 Å². The molecular formula is C8H6ClF2NO2. The smallest absolute Gasteiger partial charge is 0.279 e. The van der Waals surface area contributed by atoms with Crippen molar-refractivity contribution in [3.63, 3.8) is 0 Å². The highest BCUT2D eigenvalue weighted by atomic mass is 35.5. The summed E-state index contributed by atoms with van der Waals surface area (Å²) in [5, 5.41) is -1.18. The number of hydrogen-bond acceptors (Lipinski definition) is 2. The molecule has 0 saturated heterocycles. The van der Waals surface area contributed by atoms with Crippen molar-refractivity contribution in [1.82, 2.24) is 4.98 Å². The van der Waals surface area contributed by atoms with Crippen LogP contribution in [0.3, 0.4) is 0 Å². The molecule has 0 atom stereocenters. The van der Waals surface area contributed by atoms with Gasteiger partial charge in [-0.3, -0.25) is 9.59 Å². The fourth-order valence-corrected chi connectivity index (χ4v) is 1.27. The molecule has 14 heavy (non-hydrogen) atoms. The lowest BCUT2D eigenvalue weighted by Gasteiger charge is -2.05. The van der Waals surface area contributed by atoms with Crippen LogP contribution in [0.15, 0.2) is 10.9 Å². The minimum atomic E-state index is -2.93. The summed E-state index contributed by atoms with van der Waals surface area (Å²) in [7, 11) is 0. The minimum Gasteiger partial charge on any atom is -0.357 e. The molecule has 0 radical (unpaired) electrons. The summed E-state index contributed by atoms with van der Waals surface area (Å²) < 4.78 is 24.7. The van der Waals surface area contributed by atoms with Crippen LogP contribution in [0.25, 0.3) is 0 Å². The van der Waals surface area contributed by atoms with Gasteiger partial charge in [-0.25, -0.2) is 8.78 Å². The Morgan fingerprint density at radius 2 is 2.14 bits per heavy atom. The van der Waals surface area contributed by atoms with Crippen molar-refractivity contribution in [2.24, 2.45) is 0 Å². The Bertz CT molecular complexity index is 428.